The Hall–Kier alpha value is -9.00. The van der Waals surface area contributed by atoms with E-state index in [4.69, 9.17) is 0 Å². The van der Waals surface area contributed by atoms with Crippen LogP contribution in [0.1, 0.15) is 54.2 Å². The van der Waals surface area contributed by atoms with E-state index in [9.17, 15) is 31.2 Å². The number of pyridine rings is 1. The second-order valence-electron chi connectivity index (χ2n) is 19.1. The van der Waals surface area contributed by atoms with E-state index in [1.165, 1.54) is 16.4 Å². The lowest BCUT2D eigenvalue weighted by atomic mass is 10.0. The lowest BCUT2D eigenvalue weighted by Crippen LogP contribution is -2.24. The van der Waals surface area contributed by atoms with Crippen LogP contribution in [0, 0.1) is 17.5 Å². The fraction of sp³-hybridized carbons (Fsp3) is 0.153. The molecule has 18 heteroatoms. The van der Waals surface area contributed by atoms with E-state index >= 15 is 0 Å². The molecule has 0 aliphatic carbocycles. The molecule has 0 bridgehead atoms. The van der Waals surface area contributed by atoms with E-state index < -0.39 is 15.8 Å². The molecule has 0 unspecified atom stereocenters. The number of carbonyl (C=O) groups is 2. The van der Waals surface area contributed by atoms with Gasteiger partial charge in [0.15, 0.2) is 0 Å². The highest BCUT2D eigenvalue weighted by Crippen LogP contribution is 2.34. The van der Waals surface area contributed by atoms with Crippen LogP contribution in [0.4, 0.5) is 13.2 Å². The largest absolute Gasteiger partial charge is 0.330 e. The van der Waals surface area contributed by atoms with Crippen LogP contribution >= 0.6 is 0 Å². The summed E-state index contributed by atoms with van der Waals surface area (Å²) in [7, 11) is 1.94. The number of nitrogens with zero attached hydrogens (tertiary/aromatic N) is 10. The molecule has 0 spiro atoms. The topological polar surface area (TPSA) is 144 Å². The van der Waals surface area contributed by atoms with Crippen LogP contribution in [0.25, 0.3) is 44.3 Å². The maximum atomic E-state index is 14.8. The molecular formula is C59H49F3N10O4S. The minimum Gasteiger partial charge on any atom is -0.330 e. The van der Waals surface area contributed by atoms with Crippen molar-refractivity contribution in [3.63, 3.8) is 0 Å². The molecule has 6 aromatic carbocycles. The van der Waals surface area contributed by atoms with Crippen LogP contribution in [0.3, 0.4) is 0 Å². The Kier molecular flexibility index (Phi) is 13.4. The quantitative estimate of drug-likeness (QED) is 0.139. The van der Waals surface area contributed by atoms with E-state index in [1.54, 1.807) is 116 Å². The van der Waals surface area contributed by atoms with Gasteiger partial charge < -0.3 is 9.80 Å². The summed E-state index contributed by atoms with van der Waals surface area (Å²) in [4.78, 5) is 32.6. The zero-order valence-corrected chi connectivity index (χ0v) is 42.9. The van der Waals surface area contributed by atoms with Crippen molar-refractivity contribution in [1.29, 1.82) is 0 Å². The van der Waals surface area contributed by atoms with Crippen LogP contribution in [0.5, 0.6) is 0 Å². The van der Waals surface area contributed by atoms with E-state index in [0.717, 1.165) is 55.4 Å². The Morgan fingerprint density at radius 3 is 1.60 bits per heavy atom. The Bertz CT molecular complexity index is 4040. The number of hydrogen-bond donors (Lipinski definition) is 0. The van der Waals surface area contributed by atoms with Crippen molar-refractivity contribution in [2.45, 2.75) is 44.2 Å². The van der Waals surface area contributed by atoms with Gasteiger partial charge in [-0.15, -0.1) is 0 Å². The molecule has 13 rings (SSSR count). The maximum absolute atomic E-state index is 14.8. The fourth-order valence-corrected chi connectivity index (χ4v) is 11.4. The van der Waals surface area contributed by atoms with E-state index in [2.05, 4.69) is 20.3 Å². The molecule has 7 heterocycles. The summed E-state index contributed by atoms with van der Waals surface area (Å²) in [6, 6.07) is 39.2. The van der Waals surface area contributed by atoms with Gasteiger partial charge in [-0.1, -0.05) is 91.0 Å². The molecule has 0 radical (unpaired) electrons. The smallest absolute Gasteiger partial charge is 0.273 e. The minimum absolute atomic E-state index is 0.0101. The molecule has 0 saturated carbocycles. The van der Waals surface area contributed by atoms with Gasteiger partial charge >= 0.3 is 0 Å². The second-order valence-corrected chi connectivity index (χ2v) is 21.0. The summed E-state index contributed by atoms with van der Waals surface area (Å²) in [5.41, 5.74) is 11.1. The zero-order valence-electron chi connectivity index (χ0n) is 42.1. The van der Waals surface area contributed by atoms with Gasteiger partial charge in [-0.3, -0.25) is 28.6 Å². The first kappa shape index (κ1) is 50.2. The highest BCUT2D eigenvalue weighted by atomic mass is 32.2. The molecule has 0 N–H and O–H groups in total. The number of fused-ring (bicyclic) bond motifs is 4. The molecular weight excluding hydrogens is 1000 g/mol. The summed E-state index contributed by atoms with van der Waals surface area (Å²) in [6.45, 7) is 1.76. The number of sulfonamides is 1. The fourth-order valence-electron chi connectivity index (χ4n) is 9.83. The number of hydrogen-bond acceptors (Lipinski definition) is 8. The number of carbonyl (C=O) groups excluding carboxylic acids is 2. The molecule has 14 nitrogen and oxygen atoms in total. The highest BCUT2D eigenvalue weighted by Gasteiger charge is 2.35. The monoisotopic (exact) mass is 1050 g/mol. The molecule has 0 fully saturated rings. The normalized spacial score (nSPS) is 14.3. The molecule has 386 valence electrons. The number of halogens is 3. The first-order chi connectivity index (χ1) is 37.2. The number of benzene rings is 6. The van der Waals surface area contributed by atoms with Crippen LogP contribution in [0.2, 0.25) is 0 Å². The van der Waals surface area contributed by atoms with Crippen molar-refractivity contribution in [2.24, 2.45) is 21.1 Å². The van der Waals surface area contributed by atoms with Crippen LogP contribution in [0.15, 0.2) is 176 Å². The van der Waals surface area contributed by atoms with Crippen molar-refractivity contribution in [3.05, 3.63) is 233 Å². The van der Waals surface area contributed by atoms with Crippen molar-refractivity contribution in [1.82, 2.24) is 48.4 Å². The third-order valence-electron chi connectivity index (χ3n) is 14.0. The highest BCUT2D eigenvalue weighted by molar-refractivity contribution is 7.89. The van der Waals surface area contributed by atoms with Crippen LogP contribution in [-0.2, 0) is 70.4 Å². The third-order valence-corrected chi connectivity index (χ3v) is 15.9. The Morgan fingerprint density at radius 1 is 0.506 bits per heavy atom. The number of aromatic nitrogens is 7. The van der Waals surface area contributed by atoms with Gasteiger partial charge in [0.25, 0.3) is 11.8 Å². The SMILES string of the molecule is Cn1cc(-c2ccc(CN3Cc4ccccc4S3(=O)=O)c(F)c2)cn1.Cn1cc(-c2ccc(CN3Cc4cccnc4C3=O)c(F)c2)cn1.Cn1ncc2ccc(-c3ccc(CN4Cc5ccccc5C4=O)c(F)c3)cc21. The van der Waals surface area contributed by atoms with Crippen LogP contribution < -0.4 is 0 Å². The van der Waals surface area contributed by atoms with Crippen molar-refractivity contribution in [3.8, 4) is 33.4 Å². The predicted molar refractivity (Wildman–Crippen MR) is 284 cm³/mol. The third kappa shape index (κ3) is 10.2. The Morgan fingerprint density at radius 2 is 1.03 bits per heavy atom. The molecule has 0 saturated heterocycles. The van der Waals surface area contributed by atoms with Gasteiger partial charge in [-0.25, -0.2) is 21.6 Å². The molecule has 4 aromatic heterocycles. The van der Waals surface area contributed by atoms with Crippen molar-refractivity contribution >= 4 is 32.7 Å². The molecule has 2 amide bonds. The standard InChI is InChI=1S/C23H18FN3O.C18H15FN4O.C18H16FN3O2S/c1-26-22-11-16(6-8-17(22)12-25-26)15-7-9-19(21(24)10-15)14-27-13-18-4-2-3-5-20(18)23(27)28;1-22-9-15(8-21-22)12-4-5-13(16(19)7-12)10-23-11-14-3-2-6-20-17(14)18(23)24;1-21-10-16(9-20-21)13-6-7-14(17(19)8-13)11-22-12-15-4-2-3-5-18(15)25(22,23)24/h2-12H,13-14H2,1H3;2-9H,10-11H2,1H3;2-10H,11-12H2,1H3. The van der Waals surface area contributed by atoms with E-state index in [-0.39, 0.29) is 49.6 Å². The van der Waals surface area contributed by atoms with E-state index in [0.29, 0.717) is 51.5 Å². The van der Waals surface area contributed by atoms with Gasteiger partial charge in [-0.2, -0.15) is 19.6 Å². The molecule has 3 aliphatic heterocycles. The predicted octanol–water partition coefficient (Wildman–Crippen LogP) is 10.2. The van der Waals surface area contributed by atoms with Gasteiger partial charge in [0.1, 0.15) is 23.1 Å². The summed E-state index contributed by atoms with van der Waals surface area (Å²) in [6.07, 6.45) is 10.4. The Balaban J connectivity index is 0.000000123. The molecule has 0 atom stereocenters. The van der Waals surface area contributed by atoms with Gasteiger partial charge in [0, 0.05) is 123 Å². The first-order valence-corrected chi connectivity index (χ1v) is 26.0. The zero-order chi connectivity index (χ0) is 53.5. The maximum Gasteiger partial charge on any atom is 0.273 e. The number of amides is 2. The van der Waals surface area contributed by atoms with Gasteiger partial charge in [-0.05, 0) is 75.8 Å². The molecule has 3 aliphatic rings. The lowest BCUT2D eigenvalue weighted by Gasteiger charge is -2.16. The minimum atomic E-state index is -3.57. The summed E-state index contributed by atoms with van der Waals surface area (Å²) in [5.74, 6) is -1.24. The second kappa shape index (κ2) is 20.6. The van der Waals surface area contributed by atoms with Crippen molar-refractivity contribution in [2.75, 3.05) is 0 Å². The summed E-state index contributed by atoms with van der Waals surface area (Å²) < 4.78 is 75.4. The molecule has 77 heavy (non-hydrogen) atoms. The van der Waals surface area contributed by atoms with Crippen molar-refractivity contribution < 1.29 is 31.2 Å². The van der Waals surface area contributed by atoms with E-state index in [1.807, 2.05) is 87.2 Å². The average Bonchev–Trinajstić information content (AvgIpc) is 4.38. The first-order valence-electron chi connectivity index (χ1n) is 24.6. The Labute approximate surface area is 441 Å². The number of aryl methyl sites for hydroxylation is 3. The summed E-state index contributed by atoms with van der Waals surface area (Å²) in [5, 5.41) is 13.5. The summed E-state index contributed by atoms with van der Waals surface area (Å²) >= 11 is 0. The lowest BCUT2D eigenvalue weighted by molar-refractivity contribution is 0.0755. The van der Waals surface area contributed by atoms with Crippen LogP contribution in [-0.4, -0.2) is 68.7 Å². The van der Waals surface area contributed by atoms with Gasteiger partial charge in [0.05, 0.1) is 29.0 Å². The average molecular weight is 1050 g/mol. The number of rotatable bonds is 9. The molecule has 10 aromatic rings. The van der Waals surface area contributed by atoms with Gasteiger partial charge in [0.2, 0.25) is 10.0 Å².